The number of pyridine rings is 1. The number of nitrogens with two attached hydrogens (primary N) is 1. The fraction of sp³-hybridized carbons (Fsp3) is 0.280. The lowest BCUT2D eigenvalue weighted by molar-refractivity contribution is 0.102. The zero-order valence-corrected chi connectivity index (χ0v) is 17.7. The molecule has 4 rings (SSSR count). The van der Waals surface area contributed by atoms with E-state index in [4.69, 9.17) is 10.5 Å². The third-order valence-corrected chi connectivity index (χ3v) is 5.49. The van der Waals surface area contributed by atoms with E-state index in [2.05, 4.69) is 28.6 Å². The molecule has 6 nitrogen and oxygen atoms in total. The van der Waals surface area contributed by atoms with E-state index in [1.165, 1.54) is 0 Å². The molecule has 1 aliphatic heterocycles. The highest BCUT2D eigenvalue weighted by Crippen LogP contribution is 2.23. The Morgan fingerprint density at radius 1 is 1.19 bits per heavy atom. The summed E-state index contributed by atoms with van der Waals surface area (Å²) in [7, 11) is 0. The summed E-state index contributed by atoms with van der Waals surface area (Å²) in [5.74, 6) is -0.193. The minimum atomic E-state index is -0.193. The molecule has 2 aromatic carbocycles. The number of aryl methyl sites for hydroxylation is 1. The molecule has 0 aliphatic carbocycles. The Morgan fingerprint density at radius 3 is 2.71 bits per heavy atom. The van der Waals surface area contributed by atoms with Gasteiger partial charge in [0, 0.05) is 37.0 Å². The van der Waals surface area contributed by atoms with E-state index < -0.39 is 0 Å². The third-order valence-electron chi connectivity index (χ3n) is 5.49. The summed E-state index contributed by atoms with van der Waals surface area (Å²) < 4.78 is 5.64. The van der Waals surface area contributed by atoms with Gasteiger partial charge in [-0.2, -0.15) is 0 Å². The van der Waals surface area contributed by atoms with Crippen molar-refractivity contribution in [1.29, 1.82) is 0 Å². The maximum atomic E-state index is 12.5. The molecule has 1 aromatic heterocycles. The van der Waals surface area contributed by atoms with Crippen molar-refractivity contribution in [3.05, 3.63) is 77.5 Å². The average Bonchev–Trinajstić information content (AvgIpc) is 3.29. The van der Waals surface area contributed by atoms with E-state index in [-0.39, 0.29) is 5.91 Å². The van der Waals surface area contributed by atoms with Crippen molar-refractivity contribution in [2.24, 2.45) is 0 Å². The number of anilines is 2. The fourth-order valence-corrected chi connectivity index (χ4v) is 3.80. The summed E-state index contributed by atoms with van der Waals surface area (Å²) in [6.45, 7) is 4.59. The van der Waals surface area contributed by atoms with Crippen molar-refractivity contribution in [2.75, 3.05) is 24.2 Å². The van der Waals surface area contributed by atoms with Crippen molar-refractivity contribution in [1.82, 2.24) is 10.3 Å². The lowest BCUT2D eigenvalue weighted by Gasteiger charge is -2.12. The molecule has 0 bridgehead atoms. The summed E-state index contributed by atoms with van der Waals surface area (Å²) >= 11 is 0. The Labute approximate surface area is 182 Å². The molecule has 1 amide bonds. The maximum absolute atomic E-state index is 12.5. The molecule has 0 spiro atoms. The Balaban J connectivity index is 1.38. The number of amides is 1. The number of aromatic nitrogens is 1. The quantitative estimate of drug-likeness (QED) is 0.503. The minimum absolute atomic E-state index is 0.193. The normalized spacial score (nSPS) is 15.7. The van der Waals surface area contributed by atoms with Gasteiger partial charge in [-0.1, -0.05) is 30.3 Å². The molecule has 1 fully saturated rings. The van der Waals surface area contributed by atoms with Crippen molar-refractivity contribution >= 4 is 17.3 Å². The number of nitrogens with one attached hydrogen (secondary N) is 2. The van der Waals surface area contributed by atoms with Crippen LogP contribution in [0, 0.1) is 6.92 Å². The van der Waals surface area contributed by atoms with Crippen molar-refractivity contribution in [3.63, 3.8) is 0 Å². The molecular weight excluding hydrogens is 388 g/mol. The second-order valence-electron chi connectivity index (χ2n) is 7.89. The van der Waals surface area contributed by atoms with E-state index in [1.54, 1.807) is 12.1 Å². The maximum Gasteiger partial charge on any atom is 0.255 e. The first-order valence-corrected chi connectivity index (χ1v) is 10.6. The number of nitrogens with zero attached hydrogens (tertiary/aromatic N) is 1. The smallest absolute Gasteiger partial charge is 0.255 e. The SMILES string of the molecule is Cc1cc(CNCC2CCCO2)cnc1-c1ccc(C(=O)Nc2ccccc2N)cc1. The van der Waals surface area contributed by atoms with Crippen LogP contribution in [-0.4, -0.2) is 30.1 Å². The van der Waals surface area contributed by atoms with Crippen LogP contribution in [-0.2, 0) is 11.3 Å². The van der Waals surface area contributed by atoms with E-state index in [9.17, 15) is 4.79 Å². The second kappa shape index (κ2) is 9.73. The Bertz CT molecular complexity index is 1040. The number of hydrogen-bond donors (Lipinski definition) is 3. The van der Waals surface area contributed by atoms with Gasteiger partial charge in [-0.3, -0.25) is 9.78 Å². The highest BCUT2D eigenvalue weighted by Gasteiger charge is 2.15. The number of rotatable bonds is 7. The fourth-order valence-electron chi connectivity index (χ4n) is 3.80. The van der Waals surface area contributed by atoms with Crippen molar-refractivity contribution in [2.45, 2.75) is 32.4 Å². The van der Waals surface area contributed by atoms with Gasteiger partial charge in [0.25, 0.3) is 5.91 Å². The molecule has 4 N–H and O–H groups in total. The van der Waals surface area contributed by atoms with Crippen LogP contribution in [0.5, 0.6) is 0 Å². The zero-order valence-electron chi connectivity index (χ0n) is 17.7. The number of carbonyl (C=O) groups excluding carboxylic acids is 1. The molecule has 160 valence electrons. The number of hydrogen-bond acceptors (Lipinski definition) is 5. The summed E-state index contributed by atoms with van der Waals surface area (Å²) in [6.07, 6.45) is 4.53. The van der Waals surface area contributed by atoms with Gasteiger partial charge in [-0.15, -0.1) is 0 Å². The average molecular weight is 417 g/mol. The summed E-state index contributed by atoms with van der Waals surface area (Å²) in [5, 5.41) is 6.30. The van der Waals surface area contributed by atoms with Crippen LogP contribution in [0.2, 0.25) is 0 Å². The van der Waals surface area contributed by atoms with Crippen molar-refractivity contribution in [3.8, 4) is 11.3 Å². The molecule has 1 saturated heterocycles. The first kappa shape index (κ1) is 21.0. The topological polar surface area (TPSA) is 89.3 Å². The monoisotopic (exact) mass is 416 g/mol. The van der Waals surface area contributed by atoms with Gasteiger partial charge in [0.1, 0.15) is 0 Å². The first-order valence-electron chi connectivity index (χ1n) is 10.6. The summed E-state index contributed by atoms with van der Waals surface area (Å²) in [6, 6.07) is 16.8. The molecule has 0 radical (unpaired) electrons. The number of carbonyl (C=O) groups is 1. The number of benzene rings is 2. The lowest BCUT2D eigenvalue weighted by atomic mass is 10.0. The highest BCUT2D eigenvalue weighted by molar-refractivity contribution is 6.05. The molecule has 1 unspecified atom stereocenters. The molecule has 3 aromatic rings. The molecule has 2 heterocycles. The Morgan fingerprint density at radius 2 is 2.00 bits per heavy atom. The van der Waals surface area contributed by atoms with Gasteiger partial charge in [-0.25, -0.2) is 0 Å². The van der Waals surface area contributed by atoms with Crippen LogP contribution < -0.4 is 16.4 Å². The molecule has 0 saturated carbocycles. The van der Waals surface area contributed by atoms with E-state index >= 15 is 0 Å². The molecule has 31 heavy (non-hydrogen) atoms. The number of ether oxygens (including phenoxy) is 1. The molecular formula is C25H28N4O2. The minimum Gasteiger partial charge on any atom is -0.397 e. The third kappa shape index (κ3) is 5.29. The van der Waals surface area contributed by atoms with E-state index in [0.717, 1.165) is 54.9 Å². The standard InChI is InChI=1S/C25H28N4O2/c1-17-13-18(14-27-16-21-5-4-12-31-21)15-28-24(17)19-8-10-20(11-9-19)25(30)29-23-7-3-2-6-22(23)26/h2-3,6-11,13,15,21,27H,4-5,12,14,16,26H2,1H3,(H,29,30). The van der Waals surface area contributed by atoms with Gasteiger partial charge < -0.3 is 21.1 Å². The van der Waals surface area contributed by atoms with E-state index in [0.29, 0.717) is 23.0 Å². The van der Waals surface area contributed by atoms with Crippen LogP contribution in [0.1, 0.15) is 34.3 Å². The van der Waals surface area contributed by atoms with E-state index in [1.807, 2.05) is 42.6 Å². The van der Waals surface area contributed by atoms with Crippen molar-refractivity contribution < 1.29 is 9.53 Å². The summed E-state index contributed by atoms with van der Waals surface area (Å²) in [5.41, 5.74) is 11.8. The Hall–Kier alpha value is -3.22. The molecule has 6 heteroatoms. The second-order valence-corrected chi connectivity index (χ2v) is 7.89. The number of para-hydroxylation sites is 2. The Kier molecular flexibility index (Phi) is 6.60. The van der Waals surface area contributed by atoms with Crippen LogP contribution in [0.25, 0.3) is 11.3 Å². The molecule has 1 aliphatic rings. The van der Waals surface area contributed by atoms with Crippen LogP contribution in [0.4, 0.5) is 11.4 Å². The van der Waals surface area contributed by atoms with Gasteiger partial charge in [0.15, 0.2) is 0 Å². The number of nitrogen functional groups attached to an aromatic ring is 1. The van der Waals surface area contributed by atoms with Gasteiger partial charge in [0.05, 0.1) is 23.2 Å². The predicted octanol–water partition coefficient (Wildman–Crippen LogP) is 4.16. The summed E-state index contributed by atoms with van der Waals surface area (Å²) in [4.78, 5) is 17.2. The largest absolute Gasteiger partial charge is 0.397 e. The van der Waals surface area contributed by atoms with Crippen LogP contribution >= 0.6 is 0 Å². The van der Waals surface area contributed by atoms with Gasteiger partial charge in [-0.05, 0) is 55.2 Å². The zero-order chi connectivity index (χ0) is 21.6. The predicted molar refractivity (Wildman–Crippen MR) is 124 cm³/mol. The van der Waals surface area contributed by atoms with Gasteiger partial charge >= 0.3 is 0 Å². The van der Waals surface area contributed by atoms with Gasteiger partial charge in [0.2, 0.25) is 0 Å². The highest BCUT2D eigenvalue weighted by atomic mass is 16.5. The first-order chi connectivity index (χ1) is 15.1. The lowest BCUT2D eigenvalue weighted by Crippen LogP contribution is -2.25. The van der Waals surface area contributed by atoms with Crippen LogP contribution in [0.15, 0.2) is 60.8 Å². The van der Waals surface area contributed by atoms with Crippen LogP contribution in [0.3, 0.4) is 0 Å². The molecule has 1 atom stereocenters.